The van der Waals surface area contributed by atoms with Gasteiger partial charge in [-0.1, -0.05) is 25.0 Å². The third kappa shape index (κ3) is 2.01. The molecule has 0 atom stereocenters. The van der Waals surface area contributed by atoms with Crippen molar-refractivity contribution in [2.45, 2.75) is 46.5 Å². The molecule has 0 radical (unpaired) electrons. The first-order valence-corrected chi connectivity index (χ1v) is 5.16. The van der Waals surface area contributed by atoms with Crippen LogP contribution in [0.1, 0.15) is 46.5 Å². The summed E-state index contributed by atoms with van der Waals surface area (Å²) >= 11 is 0. The molecule has 0 heterocycles. The second-order valence-electron chi connectivity index (χ2n) is 4.75. The average Bonchev–Trinajstić information content (AvgIpc) is 2.54. The lowest BCUT2D eigenvalue weighted by molar-refractivity contribution is -0.129. The zero-order chi connectivity index (χ0) is 10.1. The zero-order valence-electron chi connectivity index (χ0n) is 9.02. The summed E-state index contributed by atoms with van der Waals surface area (Å²) in [6, 6.07) is 0. The number of Topliss-reactive ketones (excluding diaryl/α,β-unsaturated/α-hetero) is 1. The highest BCUT2D eigenvalue weighted by molar-refractivity contribution is 5.89. The van der Waals surface area contributed by atoms with E-state index in [1.54, 1.807) is 0 Å². The quantitative estimate of drug-likeness (QED) is 0.609. The Morgan fingerprint density at radius 2 is 1.77 bits per heavy atom. The summed E-state index contributed by atoms with van der Waals surface area (Å²) in [5, 5.41) is 0. The highest BCUT2D eigenvalue weighted by Gasteiger charge is 2.35. The van der Waals surface area contributed by atoms with E-state index in [-0.39, 0.29) is 5.41 Å². The molecule has 0 unspecified atom stereocenters. The van der Waals surface area contributed by atoms with Gasteiger partial charge in [0.15, 0.2) is 0 Å². The predicted octanol–water partition coefficient (Wildman–Crippen LogP) is 3.35. The van der Waals surface area contributed by atoms with Gasteiger partial charge in [0.05, 0.1) is 0 Å². The van der Waals surface area contributed by atoms with Gasteiger partial charge in [-0.2, -0.15) is 0 Å². The molecule has 0 spiro atoms. The van der Waals surface area contributed by atoms with Crippen LogP contribution in [-0.2, 0) is 4.79 Å². The lowest BCUT2D eigenvalue weighted by atomic mass is 9.76. The Labute approximate surface area is 81.2 Å². The van der Waals surface area contributed by atoms with E-state index in [1.807, 2.05) is 20.8 Å². The first kappa shape index (κ1) is 10.5. The molecule has 0 N–H and O–H groups in total. The van der Waals surface area contributed by atoms with Crippen molar-refractivity contribution in [3.63, 3.8) is 0 Å². The summed E-state index contributed by atoms with van der Waals surface area (Å²) in [5.41, 5.74) is 0.680. The molecule has 1 rings (SSSR count). The number of carbonyl (C=O) groups is 1. The van der Waals surface area contributed by atoms with Crippen LogP contribution < -0.4 is 0 Å². The molecule has 0 aromatic rings. The minimum absolute atomic E-state index is 0.311. The van der Waals surface area contributed by atoms with Crippen molar-refractivity contribution in [1.29, 1.82) is 0 Å². The summed E-state index contributed by atoms with van der Waals surface area (Å²) in [6.45, 7) is 9.84. The minimum Gasteiger partial charge on any atom is -0.298 e. The second kappa shape index (κ2) is 3.65. The maximum Gasteiger partial charge on any atom is 0.145 e. The number of ketones is 1. The molecule has 1 fully saturated rings. The number of allylic oxidation sites excluding steroid dienone is 1. The number of carbonyl (C=O) groups excluding carboxylic acids is 1. The highest BCUT2D eigenvalue weighted by Crippen LogP contribution is 2.35. The molecule has 1 heteroatoms. The fourth-order valence-electron chi connectivity index (χ4n) is 1.91. The van der Waals surface area contributed by atoms with Gasteiger partial charge in [0.2, 0.25) is 0 Å². The Balaban J connectivity index is 2.70. The SMILES string of the molecule is C=C(C)C(C)(C)C(=O)C1CCCC1. The third-order valence-electron chi connectivity index (χ3n) is 3.41. The topological polar surface area (TPSA) is 17.1 Å². The van der Waals surface area contributed by atoms with Crippen molar-refractivity contribution in [2.75, 3.05) is 0 Å². The summed E-state index contributed by atoms with van der Waals surface area (Å²) in [6.07, 6.45) is 4.64. The number of hydrogen-bond acceptors (Lipinski definition) is 1. The number of hydrogen-bond donors (Lipinski definition) is 0. The monoisotopic (exact) mass is 180 g/mol. The molecule has 0 aromatic heterocycles. The van der Waals surface area contributed by atoms with Crippen LogP contribution in [0.4, 0.5) is 0 Å². The van der Waals surface area contributed by atoms with Gasteiger partial charge in [-0.05, 0) is 33.6 Å². The molecular weight excluding hydrogens is 160 g/mol. The Morgan fingerprint density at radius 3 is 2.15 bits per heavy atom. The van der Waals surface area contributed by atoms with E-state index in [9.17, 15) is 4.79 Å². The molecule has 13 heavy (non-hydrogen) atoms. The fourth-order valence-corrected chi connectivity index (χ4v) is 1.91. The fraction of sp³-hybridized carbons (Fsp3) is 0.750. The molecular formula is C12H20O. The van der Waals surface area contributed by atoms with Crippen LogP contribution >= 0.6 is 0 Å². The van der Waals surface area contributed by atoms with Crippen molar-refractivity contribution in [1.82, 2.24) is 0 Å². The molecule has 1 aliphatic rings. The van der Waals surface area contributed by atoms with Crippen molar-refractivity contribution in [3.8, 4) is 0 Å². The van der Waals surface area contributed by atoms with Crippen LogP contribution in [0.5, 0.6) is 0 Å². The molecule has 0 bridgehead atoms. The van der Waals surface area contributed by atoms with Gasteiger partial charge in [-0.3, -0.25) is 4.79 Å². The summed E-state index contributed by atoms with van der Waals surface area (Å²) < 4.78 is 0. The Bertz CT molecular complexity index is 219. The second-order valence-corrected chi connectivity index (χ2v) is 4.75. The molecule has 1 saturated carbocycles. The van der Waals surface area contributed by atoms with Crippen molar-refractivity contribution in [3.05, 3.63) is 12.2 Å². The van der Waals surface area contributed by atoms with Crippen LogP contribution in [0.3, 0.4) is 0 Å². The van der Waals surface area contributed by atoms with Crippen molar-refractivity contribution >= 4 is 5.78 Å². The average molecular weight is 180 g/mol. The Hall–Kier alpha value is -0.590. The summed E-state index contributed by atoms with van der Waals surface area (Å²) in [5.74, 6) is 0.712. The third-order valence-corrected chi connectivity index (χ3v) is 3.41. The molecule has 74 valence electrons. The maximum atomic E-state index is 12.0. The Kier molecular flexibility index (Phi) is 2.94. The molecule has 0 aromatic carbocycles. The van der Waals surface area contributed by atoms with E-state index in [4.69, 9.17) is 0 Å². The summed E-state index contributed by atoms with van der Waals surface area (Å²) in [4.78, 5) is 12.0. The van der Waals surface area contributed by atoms with Gasteiger partial charge in [0, 0.05) is 11.3 Å². The zero-order valence-corrected chi connectivity index (χ0v) is 9.02. The van der Waals surface area contributed by atoms with Gasteiger partial charge in [-0.25, -0.2) is 0 Å². The van der Waals surface area contributed by atoms with E-state index >= 15 is 0 Å². The molecule has 1 nitrogen and oxygen atoms in total. The van der Waals surface area contributed by atoms with Gasteiger partial charge in [0.1, 0.15) is 5.78 Å². The van der Waals surface area contributed by atoms with E-state index < -0.39 is 0 Å². The largest absolute Gasteiger partial charge is 0.298 e. The lowest BCUT2D eigenvalue weighted by Crippen LogP contribution is -2.30. The minimum atomic E-state index is -0.311. The van der Waals surface area contributed by atoms with E-state index in [0.29, 0.717) is 11.7 Å². The highest BCUT2D eigenvalue weighted by atomic mass is 16.1. The Morgan fingerprint density at radius 1 is 1.31 bits per heavy atom. The van der Waals surface area contributed by atoms with Gasteiger partial charge in [-0.15, -0.1) is 0 Å². The van der Waals surface area contributed by atoms with Crippen LogP contribution in [0.2, 0.25) is 0 Å². The van der Waals surface area contributed by atoms with Gasteiger partial charge >= 0.3 is 0 Å². The number of rotatable bonds is 3. The van der Waals surface area contributed by atoms with Gasteiger partial charge < -0.3 is 0 Å². The van der Waals surface area contributed by atoms with Crippen LogP contribution in [-0.4, -0.2) is 5.78 Å². The standard InChI is InChI=1S/C12H20O/c1-9(2)12(3,4)11(13)10-7-5-6-8-10/h10H,1,5-8H2,2-4H3. The lowest BCUT2D eigenvalue weighted by Gasteiger charge is -2.26. The first-order chi connectivity index (χ1) is 5.96. The van der Waals surface area contributed by atoms with Crippen LogP contribution in [0.15, 0.2) is 12.2 Å². The van der Waals surface area contributed by atoms with E-state index in [2.05, 4.69) is 6.58 Å². The predicted molar refractivity (Wildman–Crippen MR) is 55.6 cm³/mol. The molecule has 1 aliphatic carbocycles. The molecule has 0 amide bonds. The summed E-state index contributed by atoms with van der Waals surface area (Å²) in [7, 11) is 0. The smallest absolute Gasteiger partial charge is 0.145 e. The van der Waals surface area contributed by atoms with E-state index in [1.165, 1.54) is 12.8 Å². The van der Waals surface area contributed by atoms with Crippen LogP contribution in [0.25, 0.3) is 0 Å². The molecule has 0 saturated heterocycles. The first-order valence-electron chi connectivity index (χ1n) is 5.16. The van der Waals surface area contributed by atoms with E-state index in [0.717, 1.165) is 18.4 Å². The maximum absolute atomic E-state index is 12.0. The van der Waals surface area contributed by atoms with Crippen molar-refractivity contribution in [2.24, 2.45) is 11.3 Å². The van der Waals surface area contributed by atoms with Crippen molar-refractivity contribution < 1.29 is 4.79 Å². The van der Waals surface area contributed by atoms with Gasteiger partial charge in [0.25, 0.3) is 0 Å². The normalized spacial score (nSPS) is 19.0. The molecule has 0 aliphatic heterocycles. The van der Waals surface area contributed by atoms with Crippen LogP contribution in [0, 0.1) is 11.3 Å².